The monoisotopic (exact) mass is 322 g/mol. The van der Waals surface area contributed by atoms with Crippen molar-refractivity contribution in [2.45, 2.75) is 9.72 Å². The van der Waals surface area contributed by atoms with Crippen LogP contribution in [0.4, 0.5) is 0 Å². The second-order valence-electron chi connectivity index (χ2n) is 3.91. The number of halogens is 1. The van der Waals surface area contributed by atoms with Gasteiger partial charge in [-0.3, -0.25) is 0 Å². The van der Waals surface area contributed by atoms with Gasteiger partial charge in [0.1, 0.15) is 5.75 Å². The van der Waals surface area contributed by atoms with Gasteiger partial charge in [0.15, 0.2) is 0 Å². The van der Waals surface area contributed by atoms with Crippen molar-refractivity contribution < 1.29 is 4.74 Å². The van der Waals surface area contributed by atoms with Gasteiger partial charge < -0.3 is 4.74 Å². The van der Waals surface area contributed by atoms with Gasteiger partial charge in [0, 0.05) is 4.90 Å². The fourth-order valence-corrected chi connectivity index (χ4v) is 2.76. The summed E-state index contributed by atoms with van der Waals surface area (Å²) < 4.78 is 5.17. The molecule has 1 nitrogen and oxygen atoms in total. The Kier molecular flexibility index (Phi) is 4.72. The fourth-order valence-electron chi connectivity index (χ4n) is 1.74. The fraction of sp³-hybridized carbons (Fsp3) is 0.200. The van der Waals surface area contributed by atoms with Crippen LogP contribution in [0.2, 0.25) is 0 Å². The third kappa shape index (κ3) is 3.09. The molecule has 2 aromatic rings. The van der Waals surface area contributed by atoms with Crippen LogP contribution < -0.4 is 4.74 Å². The maximum atomic E-state index is 5.17. The van der Waals surface area contributed by atoms with Crippen LogP contribution in [-0.2, 0) is 0 Å². The Hall–Kier alpha value is -0.930. The van der Waals surface area contributed by atoms with Gasteiger partial charge in [0.2, 0.25) is 0 Å². The molecule has 1 atom stereocenters. The van der Waals surface area contributed by atoms with Crippen LogP contribution in [0.3, 0.4) is 0 Å². The van der Waals surface area contributed by atoms with Crippen molar-refractivity contribution in [3.8, 4) is 5.75 Å². The van der Waals surface area contributed by atoms with E-state index in [9.17, 15) is 0 Å². The third-order valence-corrected chi connectivity index (χ3v) is 4.62. The van der Waals surface area contributed by atoms with Gasteiger partial charge in [0.05, 0.1) is 11.9 Å². The highest BCUT2D eigenvalue weighted by Crippen LogP contribution is 2.32. The van der Waals surface area contributed by atoms with Gasteiger partial charge in [-0.2, -0.15) is 0 Å². The number of alkyl halides is 1. The van der Waals surface area contributed by atoms with Crippen LogP contribution in [-0.4, -0.2) is 13.4 Å². The number of benzene rings is 2. The first kappa shape index (κ1) is 13.5. The van der Waals surface area contributed by atoms with Crippen LogP contribution in [0.25, 0.3) is 0 Å². The van der Waals surface area contributed by atoms with E-state index in [4.69, 9.17) is 4.74 Å². The van der Waals surface area contributed by atoms with Crippen molar-refractivity contribution in [2.75, 3.05) is 13.4 Å². The molecule has 0 heterocycles. The van der Waals surface area contributed by atoms with Crippen LogP contribution >= 0.6 is 27.7 Å². The minimum absolute atomic E-state index is 0.222. The summed E-state index contributed by atoms with van der Waals surface area (Å²) in [5, 5.41) is 0. The van der Waals surface area contributed by atoms with Crippen molar-refractivity contribution in [2.24, 2.45) is 0 Å². The van der Waals surface area contributed by atoms with E-state index in [0.29, 0.717) is 0 Å². The van der Waals surface area contributed by atoms with E-state index in [1.165, 1.54) is 16.0 Å². The van der Waals surface area contributed by atoms with Gasteiger partial charge >= 0.3 is 0 Å². The first-order valence-electron chi connectivity index (χ1n) is 5.66. The Morgan fingerprint density at radius 3 is 1.89 bits per heavy atom. The van der Waals surface area contributed by atoms with Crippen molar-refractivity contribution in [1.82, 2.24) is 0 Å². The summed E-state index contributed by atoms with van der Waals surface area (Å²) in [4.78, 5) is 1.51. The van der Waals surface area contributed by atoms with Gasteiger partial charge in [-0.1, -0.05) is 40.2 Å². The van der Waals surface area contributed by atoms with Crippen molar-refractivity contribution in [3.63, 3.8) is 0 Å². The molecule has 0 fully saturated rings. The first-order chi connectivity index (χ1) is 8.74. The molecular weight excluding hydrogens is 308 g/mol. The van der Waals surface area contributed by atoms with Crippen LogP contribution in [0, 0.1) is 0 Å². The zero-order valence-electron chi connectivity index (χ0n) is 10.4. The molecule has 18 heavy (non-hydrogen) atoms. The number of methoxy groups -OCH3 is 1. The highest BCUT2D eigenvalue weighted by atomic mass is 79.9. The van der Waals surface area contributed by atoms with Gasteiger partial charge in [-0.25, -0.2) is 0 Å². The molecular formula is C15H15BrOS. The summed E-state index contributed by atoms with van der Waals surface area (Å²) in [6.45, 7) is 0. The Morgan fingerprint density at radius 2 is 1.44 bits per heavy atom. The average Bonchev–Trinajstić information content (AvgIpc) is 2.47. The normalized spacial score (nSPS) is 12.2. The maximum absolute atomic E-state index is 5.17. The van der Waals surface area contributed by atoms with Gasteiger partial charge in [-0.15, -0.1) is 11.8 Å². The SMILES string of the molecule is COc1ccc(C(Br)c2ccc(SC)cc2)cc1. The molecule has 0 aromatic heterocycles. The molecule has 0 saturated heterocycles. The third-order valence-electron chi connectivity index (χ3n) is 2.82. The van der Waals surface area contributed by atoms with Gasteiger partial charge in [-0.05, 0) is 41.6 Å². The summed E-state index contributed by atoms with van der Waals surface area (Å²) in [6.07, 6.45) is 2.09. The van der Waals surface area contributed by atoms with Crippen LogP contribution in [0.1, 0.15) is 16.0 Å². The zero-order valence-corrected chi connectivity index (χ0v) is 12.8. The van der Waals surface area contributed by atoms with E-state index >= 15 is 0 Å². The van der Waals surface area contributed by atoms with E-state index in [1.54, 1.807) is 18.9 Å². The largest absolute Gasteiger partial charge is 0.497 e. The summed E-state index contributed by atoms with van der Waals surface area (Å²) >= 11 is 5.50. The molecule has 3 heteroatoms. The summed E-state index contributed by atoms with van der Waals surface area (Å²) in [6, 6.07) is 16.8. The predicted molar refractivity (Wildman–Crippen MR) is 82.0 cm³/mol. The molecule has 0 spiro atoms. The number of rotatable bonds is 4. The standard InChI is InChI=1S/C15H15BrOS/c1-17-13-7-3-11(4-8-13)15(16)12-5-9-14(18-2)10-6-12/h3-10,15H,1-2H3. The molecule has 0 aliphatic carbocycles. The maximum Gasteiger partial charge on any atom is 0.118 e. The van der Waals surface area contributed by atoms with Crippen molar-refractivity contribution in [3.05, 3.63) is 59.7 Å². The first-order valence-corrected chi connectivity index (χ1v) is 7.80. The molecule has 0 amide bonds. The Labute approximate surface area is 121 Å². The number of hydrogen-bond donors (Lipinski definition) is 0. The summed E-state index contributed by atoms with van der Waals surface area (Å²) in [7, 11) is 1.68. The highest BCUT2D eigenvalue weighted by molar-refractivity contribution is 9.09. The Bertz CT molecular complexity index is 445. The minimum Gasteiger partial charge on any atom is -0.497 e. The average molecular weight is 323 g/mol. The smallest absolute Gasteiger partial charge is 0.118 e. The number of hydrogen-bond acceptors (Lipinski definition) is 2. The lowest BCUT2D eigenvalue weighted by molar-refractivity contribution is 0.414. The molecule has 0 aliphatic rings. The lowest BCUT2D eigenvalue weighted by atomic mass is 10.0. The van der Waals surface area contributed by atoms with E-state index in [1.807, 2.05) is 12.1 Å². The second-order valence-corrected chi connectivity index (χ2v) is 5.70. The number of ether oxygens (including phenoxy) is 1. The number of thioether (sulfide) groups is 1. The molecule has 0 aliphatic heterocycles. The van der Waals surface area contributed by atoms with Crippen LogP contribution in [0.5, 0.6) is 5.75 Å². The Balaban J connectivity index is 2.20. The Morgan fingerprint density at radius 1 is 0.944 bits per heavy atom. The molecule has 0 saturated carbocycles. The molecule has 94 valence electrons. The highest BCUT2D eigenvalue weighted by Gasteiger charge is 2.10. The van der Waals surface area contributed by atoms with E-state index < -0.39 is 0 Å². The molecule has 2 aromatic carbocycles. The van der Waals surface area contributed by atoms with E-state index in [0.717, 1.165) is 5.75 Å². The molecule has 0 radical (unpaired) electrons. The molecule has 0 bridgehead atoms. The van der Waals surface area contributed by atoms with E-state index in [2.05, 4.69) is 58.6 Å². The molecule has 1 unspecified atom stereocenters. The minimum atomic E-state index is 0.222. The van der Waals surface area contributed by atoms with Gasteiger partial charge in [0.25, 0.3) is 0 Å². The summed E-state index contributed by atoms with van der Waals surface area (Å²) in [5.41, 5.74) is 2.49. The topological polar surface area (TPSA) is 9.23 Å². The van der Waals surface area contributed by atoms with Crippen molar-refractivity contribution >= 4 is 27.7 Å². The molecule has 0 N–H and O–H groups in total. The summed E-state index contributed by atoms with van der Waals surface area (Å²) in [5.74, 6) is 0.885. The quantitative estimate of drug-likeness (QED) is 0.584. The van der Waals surface area contributed by atoms with E-state index in [-0.39, 0.29) is 4.83 Å². The second kappa shape index (κ2) is 6.30. The van der Waals surface area contributed by atoms with Crippen LogP contribution in [0.15, 0.2) is 53.4 Å². The predicted octanol–water partition coefficient (Wildman–Crippen LogP) is 4.90. The van der Waals surface area contributed by atoms with Crippen molar-refractivity contribution in [1.29, 1.82) is 0 Å². The lowest BCUT2D eigenvalue weighted by Gasteiger charge is -2.11. The lowest BCUT2D eigenvalue weighted by Crippen LogP contribution is -1.93. The zero-order chi connectivity index (χ0) is 13.0. The molecule has 2 rings (SSSR count).